The average molecular weight is 225 g/mol. The molecule has 17 heavy (non-hydrogen) atoms. The molecule has 84 valence electrons. The summed E-state index contributed by atoms with van der Waals surface area (Å²) in [5.74, 6) is 0.803. The number of hydrogen-bond donors (Lipinski definition) is 0. The number of rotatable bonds is 2. The van der Waals surface area contributed by atoms with Crippen LogP contribution in [0.2, 0.25) is 0 Å². The van der Waals surface area contributed by atoms with E-state index in [-0.39, 0.29) is 0 Å². The summed E-state index contributed by atoms with van der Waals surface area (Å²) in [6.45, 7) is 0. The molecule has 0 amide bonds. The lowest BCUT2D eigenvalue weighted by molar-refractivity contribution is 0.415. The molecule has 0 unspecified atom stereocenters. The Hall–Kier alpha value is -2.36. The summed E-state index contributed by atoms with van der Waals surface area (Å²) in [4.78, 5) is 0. The van der Waals surface area contributed by atoms with Gasteiger partial charge in [-0.2, -0.15) is 0 Å². The number of fused-ring (bicyclic) bond motifs is 1. The van der Waals surface area contributed by atoms with E-state index in [1.165, 1.54) is 0 Å². The van der Waals surface area contributed by atoms with Crippen molar-refractivity contribution >= 4 is 11.0 Å². The van der Waals surface area contributed by atoms with Gasteiger partial charge in [0.2, 0.25) is 0 Å². The Kier molecular flexibility index (Phi) is 2.26. The van der Waals surface area contributed by atoms with Crippen molar-refractivity contribution < 1.29 is 4.74 Å². The third-order valence-electron chi connectivity index (χ3n) is 2.65. The van der Waals surface area contributed by atoms with Crippen LogP contribution in [0.4, 0.5) is 0 Å². The third kappa shape index (κ3) is 1.63. The molecular formula is C13H11N3O. The van der Waals surface area contributed by atoms with Gasteiger partial charge in [0, 0.05) is 6.07 Å². The molecule has 0 bridgehead atoms. The molecule has 0 fully saturated rings. The van der Waals surface area contributed by atoms with Gasteiger partial charge in [0.05, 0.1) is 18.3 Å². The first-order valence-electron chi connectivity index (χ1n) is 5.33. The molecule has 3 aromatic rings. The lowest BCUT2D eigenvalue weighted by Gasteiger charge is -2.02. The van der Waals surface area contributed by atoms with Crippen molar-refractivity contribution in [2.75, 3.05) is 7.11 Å². The van der Waals surface area contributed by atoms with E-state index < -0.39 is 0 Å². The van der Waals surface area contributed by atoms with Crippen molar-refractivity contribution in [1.82, 2.24) is 15.0 Å². The van der Waals surface area contributed by atoms with E-state index in [9.17, 15) is 0 Å². The molecular weight excluding hydrogens is 214 g/mol. The first kappa shape index (κ1) is 9.84. The second-order valence-electron chi connectivity index (χ2n) is 3.69. The number of aromatic nitrogens is 3. The van der Waals surface area contributed by atoms with Gasteiger partial charge in [0.1, 0.15) is 11.3 Å². The average Bonchev–Trinajstić information content (AvgIpc) is 2.82. The fourth-order valence-electron chi connectivity index (χ4n) is 1.79. The van der Waals surface area contributed by atoms with Crippen LogP contribution in [0.25, 0.3) is 16.7 Å². The molecule has 4 nitrogen and oxygen atoms in total. The molecule has 3 rings (SSSR count). The standard InChI is InChI=1S/C13H11N3O/c1-17-11-7-8-12-13(9-11)16(15-14-12)10-5-3-2-4-6-10/h2-9H,1H3. The third-order valence-corrected chi connectivity index (χ3v) is 2.65. The molecule has 0 atom stereocenters. The summed E-state index contributed by atoms with van der Waals surface area (Å²) in [6.07, 6.45) is 0. The largest absolute Gasteiger partial charge is 0.497 e. The maximum atomic E-state index is 5.21. The van der Waals surface area contributed by atoms with Crippen molar-refractivity contribution in [3.63, 3.8) is 0 Å². The Balaban J connectivity index is 2.23. The predicted octanol–water partition coefficient (Wildman–Crippen LogP) is 2.43. The van der Waals surface area contributed by atoms with E-state index in [0.29, 0.717) is 0 Å². The number of methoxy groups -OCH3 is 1. The van der Waals surface area contributed by atoms with E-state index >= 15 is 0 Å². The highest BCUT2D eigenvalue weighted by Gasteiger charge is 2.06. The van der Waals surface area contributed by atoms with Crippen LogP contribution in [0.3, 0.4) is 0 Å². The smallest absolute Gasteiger partial charge is 0.121 e. The topological polar surface area (TPSA) is 39.9 Å². The summed E-state index contributed by atoms with van der Waals surface area (Å²) < 4.78 is 7.02. The van der Waals surface area contributed by atoms with Gasteiger partial charge in [0.15, 0.2) is 0 Å². The van der Waals surface area contributed by atoms with Gasteiger partial charge in [-0.1, -0.05) is 23.4 Å². The van der Waals surface area contributed by atoms with E-state index in [1.54, 1.807) is 11.8 Å². The van der Waals surface area contributed by atoms with Gasteiger partial charge < -0.3 is 4.74 Å². The zero-order valence-electron chi connectivity index (χ0n) is 9.37. The monoisotopic (exact) mass is 225 g/mol. The second kappa shape index (κ2) is 3.90. The predicted molar refractivity (Wildman–Crippen MR) is 65.4 cm³/mol. The maximum Gasteiger partial charge on any atom is 0.121 e. The van der Waals surface area contributed by atoms with Crippen molar-refractivity contribution in [3.05, 3.63) is 48.5 Å². The van der Waals surface area contributed by atoms with Gasteiger partial charge in [-0.15, -0.1) is 5.10 Å². The molecule has 0 N–H and O–H groups in total. The number of hydrogen-bond acceptors (Lipinski definition) is 3. The quantitative estimate of drug-likeness (QED) is 0.672. The van der Waals surface area contributed by atoms with Crippen LogP contribution in [-0.4, -0.2) is 22.1 Å². The number of ether oxygens (including phenoxy) is 1. The Morgan fingerprint density at radius 3 is 2.65 bits per heavy atom. The minimum absolute atomic E-state index is 0.803. The first-order chi connectivity index (χ1) is 8.38. The minimum Gasteiger partial charge on any atom is -0.497 e. The molecule has 2 aromatic carbocycles. The molecule has 0 aliphatic heterocycles. The molecule has 0 spiro atoms. The highest BCUT2D eigenvalue weighted by atomic mass is 16.5. The van der Waals surface area contributed by atoms with Gasteiger partial charge >= 0.3 is 0 Å². The van der Waals surface area contributed by atoms with E-state index in [2.05, 4.69) is 10.3 Å². The highest BCUT2D eigenvalue weighted by molar-refractivity contribution is 5.77. The summed E-state index contributed by atoms with van der Waals surface area (Å²) in [6, 6.07) is 15.6. The number of nitrogens with zero attached hydrogens (tertiary/aromatic N) is 3. The zero-order valence-corrected chi connectivity index (χ0v) is 9.37. The fourth-order valence-corrected chi connectivity index (χ4v) is 1.79. The lowest BCUT2D eigenvalue weighted by Crippen LogP contribution is -1.95. The zero-order chi connectivity index (χ0) is 11.7. The van der Waals surface area contributed by atoms with Crippen LogP contribution in [0.5, 0.6) is 5.75 Å². The SMILES string of the molecule is COc1ccc2nnn(-c3ccccc3)c2c1. The molecule has 0 saturated heterocycles. The Bertz CT molecular complexity index is 646. The van der Waals surface area contributed by atoms with E-state index in [1.807, 2.05) is 48.5 Å². The molecule has 1 aromatic heterocycles. The van der Waals surface area contributed by atoms with Crippen LogP contribution in [0, 0.1) is 0 Å². The minimum atomic E-state index is 0.803. The van der Waals surface area contributed by atoms with Crippen LogP contribution in [0.1, 0.15) is 0 Å². The van der Waals surface area contributed by atoms with Crippen molar-refractivity contribution in [1.29, 1.82) is 0 Å². The molecule has 4 heteroatoms. The summed E-state index contributed by atoms with van der Waals surface area (Å²) >= 11 is 0. The van der Waals surface area contributed by atoms with Crippen molar-refractivity contribution in [3.8, 4) is 11.4 Å². The molecule has 0 aliphatic carbocycles. The fraction of sp³-hybridized carbons (Fsp3) is 0.0769. The highest BCUT2D eigenvalue weighted by Crippen LogP contribution is 2.21. The second-order valence-corrected chi connectivity index (χ2v) is 3.69. The summed E-state index contributed by atoms with van der Waals surface area (Å²) in [5, 5.41) is 8.28. The van der Waals surface area contributed by atoms with Crippen LogP contribution < -0.4 is 4.74 Å². The summed E-state index contributed by atoms with van der Waals surface area (Å²) in [7, 11) is 1.65. The normalized spacial score (nSPS) is 10.6. The molecule has 0 aliphatic rings. The van der Waals surface area contributed by atoms with Crippen molar-refractivity contribution in [2.45, 2.75) is 0 Å². The first-order valence-corrected chi connectivity index (χ1v) is 5.33. The van der Waals surface area contributed by atoms with Crippen molar-refractivity contribution in [2.24, 2.45) is 0 Å². The molecule has 0 saturated carbocycles. The summed E-state index contributed by atoms with van der Waals surface area (Å²) in [5.41, 5.74) is 2.79. The van der Waals surface area contributed by atoms with Gasteiger partial charge in [-0.05, 0) is 24.3 Å². The van der Waals surface area contributed by atoms with Crippen LogP contribution in [-0.2, 0) is 0 Å². The Morgan fingerprint density at radius 2 is 1.88 bits per heavy atom. The van der Waals surface area contributed by atoms with Gasteiger partial charge in [-0.3, -0.25) is 0 Å². The Labute approximate surface area is 98.4 Å². The molecule has 1 heterocycles. The Morgan fingerprint density at radius 1 is 1.06 bits per heavy atom. The van der Waals surface area contributed by atoms with Gasteiger partial charge in [0.25, 0.3) is 0 Å². The number of para-hydroxylation sites is 1. The van der Waals surface area contributed by atoms with E-state index in [0.717, 1.165) is 22.5 Å². The van der Waals surface area contributed by atoms with E-state index in [4.69, 9.17) is 4.74 Å². The maximum absolute atomic E-state index is 5.21. The van der Waals surface area contributed by atoms with Crippen LogP contribution >= 0.6 is 0 Å². The van der Waals surface area contributed by atoms with Gasteiger partial charge in [-0.25, -0.2) is 4.68 Å². The lowest BCUT2D eigenvalue weighted by atomic mass is 10.2. The van der Waals surface area contributed by atoms with Crippen LogP contribution in [0.15, 0.2) is 48.5 Å². The molecule has 0 radical (unpaired) electrons. The number of benzene rings is 2.